The van der Waals surface area contributed by atoms with Crippen molar-refractivity contribution in [3.8, 4) is 11.1 Å². The molecule has 0 unspecified atom stereocenters. The molecule has 2 aromatic carbocycles. The van der Waals surface area contributed by atoms with Gasteiger partial charge in [-0.15, -0.1) is 10.2 Å². The van der Waals surface area contributed by atoms with E-state index in [2.05, 4.69) is 31.2 Å². The molecule has 0 aliphatic carbocycles. The number of carbonyl (C=O) groups is 1. The molecule has 0 fully saturated rings. The summed E-state index contributed by atoms with van der Waals surface area (Å²) in [6.07, 6.45) is 3.28. The molecule has 0 atom stereocenters. The van der Waals surface area contributed by atoms with E-state index >= 15 is 0 Å². The number of nitrogens with zero attached hydrogens (tertiary/aromatic N) is 4. The Balaban J connectivity index is 1.55. The van der Waals surface area contributed by atoms with Crippen LogP contribution in [-0.4, -0.2) is 25.6 Å². The summed E-state index contributed by atoms with van der Waals surface area (Å²) >= 11 is 3.41. The minimum absolute atomic E-state index is 0.170. The Bertz CT molecular complexity index is 1310. The molecule has 130 valence electrons. The second kappa shape index (κ2) is 6.14. The smallest absolute Gasteiger partial charge is 0.249 e. The number of fused-ring (bicyclic) bond motifs is 2. The maximum Gasteiger partial charge on any atom is 0.249 e. The predicted molar refractivity (Wildman–Crippen MR) is 104 cm³/mol. The molecule has 0 spiro atoms. The van der Waals surface area contributed by atoms with Crippen molar-refractivity contribution in [3.05, 3.63) is 82.9 Å². The molecule has 5 aromatic rings. The quantitative estimate of drug-likeness (QED) is 0.402. The minimum atomic E-state index is -0.339. The molecule has 3 aromatic heterocycles. The number of aromatic nitrogens is 4. The van der Waals surface area contributed by atoms with Crippen LogP contribution in [0.25, 0.3) is 27.7 Å². The molecule has 0 aliphatic heterocycles. The standard InChI is InChI=1S/C20H11BrN4O2/c21-14-6-7-17-13(8-14)9-18(27-17)19(26)16-11-25-20(24-23-16)15(10-22-25)12-4-2-1-3-5-12/h1-11H. The lowest BCUT2D eigenvalue weighted by atomic mass is 10.1. The van der Waals surface area contributed by atoms with Gasteiger partial charge in [-0.3, -0.25) is 4.79 Å². The number of carbonyl (C=O) groups excluding carboxylic acids is 1. The Hall–Kier alpha value is -3.32. The van der Waals surface area contributed by atoms with Gasteiger partial charge in [0.05, 0.1) is 12.4 Å². The average molecular weight is 419 g/mol. The monoisotopic (exact) mass is 418 g/mol. The molecule has 0 aliphatic rings. The first-order valence-electron chi connectivity index (χ1n) is 8.19. The SMILES string of the molecule is O=C(c1cn2ncc(-c3ccccc3)c2nn1)c1cc2cc(Br)ccc2o1. The summed E-state index contributed by atoms with van der Waals surface area (Å²) in [5.41, 5.74) is 3.25. The van der Waals surface area contributed by atoms with Crippen LogP contribution < -0.4 is 0 Å². The maximum atomic E-state index is 12.8. The largest absolute Gasteiger partial charge is 0.453 e. The van der Waals surface area contributed by atoms with Gasteiger partial charge in [-0.1, -0.05) is 46.3 Å². The van der Waals surface area contributed by atoms with Crippen molar-refractivity contribution in [2.45, 2.75) is 0 Å². The molecule has 3 heterocycles. The summed E-state index contributed by atoms with van der Waals surface area (Å²) in [6, 6.07) is 17.1. The third-order valence-corrected chi connectivity index (χ3v) is 4.78. The van der Waals surface area contributed by atoms with E-state index in [9.17, 15) is 4.79 Å². The Morgan fingerprint density at radius 2 is 1.89 bits per heavy atom. The molecule has 0 N–H and O–H groups in total. The summed E-state index contributed by atoms with van der Waals surface area (Å²) in [5, 5.41) is 13.5. The third kappa shape index (κ3) is 2.72. The van der Waals surface area contributed by atoms with Crippen LogP contribution in [0, 0.1) is 0 Å². The van der Waals surface area contributed by atoms with Crippen molar-refractivity contribution >= 4 is 38.3 Å². The average Bonchev–Trinajstić information content (AvgIpc) is 3.31. The van der Waals surface area contributed by atoms with E-state index in [0.717, 1.165) is 21.0 Å². The van der Waals surface area contributed by atoms with Crippen molar-refractivity contribution in [2.75, 3.05) is 0 Å². The fraction of sp³-hybridized carbons (Fsp3) is 0. The van der Waals surface area contributed by atoms with Gasteiger partial charge >= 0.3 is 0 Å². The maximum absolute atomic E-state index is 12.8. The fourth-order valence-corrected chi connectivity index (χ4v) is 3.35. The molecule has 6 nitrogen and oxygen atoms in total. The molecule has 0 radical (unpaired) electrons. The third-order valence-electron chi connectivity index (χ3n) is 4.29. The van der Waals surface area contributed by atoms with Crippen LogP contribution in [0.2, 0.25) is 0 Å². The first-order valence-corrected chi connectivity index (χ1v) is 8.98. The summed E-state index contributed by atoms with van der Waals surface area (Å²) in [5.74, 6) is -0.124. The van der Waals surface area contributed by atoms with Crippen LogP contribution in [0.4, 0.5) is 0 Å². The van der Waals surface area contributed by atoms with E-state index in [0.29, 0.717) is 11.2 Å². The van der Waals surface area contributed by atoms with Crippen molar-refractivity contribution < 1.29 is 9.21 Å². The van der Waals surface area contributed by atoms with Gasteiger partial charge in [-0.05, 0) is 29.8 Å². The fourth-order valence-electron chi connectivity index (χ4n) is 2.97. The summed E-state index contributed by atoms with van der Waals surface area (Å²) in [4.78, 5) is 12.8. The Morgan fingerprint density at radius 1 is 1.04 bits per heavy atom. The highest BCUT2D eigenvalue weighted by Crippen LogP contribution is 2.25. The highest BCUT2D eigenvalue weighted by Gasteiger charge is 2.19. The number of ketones is 1. The number of furan rings is 1. The van der Waals surface area contributed by atoms with Crippen LogP contribution in [0.15, 0.2) is 75.9 Å². The Morgan fingerprint density at radius 3 is 2.74 bits per heavy atom. The van der Waals surface area contributed by atoms with Gasteiger partial charge in [0.1, 0.15) is 5.58 Å². The molecule has 0 saturated heterocycles. The first kappa shape index (κ1) is 15.9. The summed E-state index contributed by atoms with van der Waals surface area (Å²) in [7, 11) is 0. The van der Waals surface area contributed by atoms with Crippen LogP contribution in [0.1, 0.15) is 16.2 Å². The molecule has 5 rings (SSSR count). The minimum Gasteiger partial charge on any atom is -0.453 e. The normalized spacial score (nSPS) is 11.3. The molecule has 7 heteroatoms. The topological polar surface area (TPSA) is 73.3 Å². The second-order valence-electron chi connectivity index (χ2n) is 6.03. The van der Waals surface area contributed by atoms with Crippen molar-refractivity contribution in [2.24, 2.45) is 0 Å². The number of hydrogen-bond acceptors (Lipinski definition) is 5. The van der Waals surface area contributed by atoms with Crippen LogP contribution in [0.3, 0.4) is 0 Å². The number of hydrogen-bond donors (Lipinski definition) is 0. The molecular weight excluding hydrogens is 408 g/mol. The zero-order chi connectivity index (χ0) is 18.4. The van der Waals surface area contributed by atoms with E-state index in [1.54, 1.807) is 23.0 Å². The van der Waals surface area contributed by atoms with Gasteiger partial charge in [-0.2, -0.15) is 5.10 Å². The first-order chi connectivity index (χ1) is 13.2. The molecule has 27 heavy (non-hydrogen) atoms. The van der Waals surface area contributed by atoms with Gasteiger partial charge in [0.15, 0.2) is 17.1 Å². The molecule has 0 amide bonds. The van der Waals surface area contributed by atoms with E-state index in [1.807, 2.05) is 48.5 Å². The zero-order valence-electron chi connectivity index (χ0n) is 13.8. The number of rotatable bonds is 3. The van der Waals surface area contributed by atoms with Crippen molar-refractivity contribution in [1.82, 2.24) is 19.8 Å². The van der Waals surface area contributed by atoms with E-state index in [1.165, 1.54) is 0 Å². The van der Waals surface area contributed by atoms with Gasteiger partial charge in [0.2, 0.25) is 5.78 Å². The van der Waals surface area contributed by atoms with Crippen LogP contribution in [-0.2, 0) is 0 Å². The van der Waals surface area contributed by atoms with E-state index in [4.69, 9.17) is 4.42 Å². The lowest BCUT2D eigenvalue weighted by Crippen LogP contribution is -2.07. The highest BCUT2D eigenvalue weighted by atomic mass is 79.9. The van der Waals surface area contributed by atoms with E-state index in [-0.39, 0.29) is 17.2 Å². The second-order valence-corrected chi connectivity index (χ2v) is 6.94. The van der Waals surface area contributed by atoms with Gasteiger partial charge in [-0.25, -0.2) is 4.52 Å². The summed E-state index contributed by atoms with van der Waals surface area (Å²) in [6.45, 7) is 0. The Kier molecular flexibility index (Phi) is 3.61. The number of halogens is 1. The van der Waals surface area contributed by atoms with Gasteiger partial charge < -0.3 is 4.42 Å². The predicted octanol–water partition coefficient (Wildman–Crippen LogP) is 4.53. The van der Waals surface area contributed by atoms with Crippen molar-refractivity contribution in [3.63, 3.8) is 0 Å². The van der Waals surface area contributed by atoms with Crippen LogP contribution >= 0.6 is 15.9 Å². The molecular formula is C20H11BrN4O2. The lowest BCUT2D eigenvalue weighted by Gasteiger charge is -2.00. The van der Waals surface area contributed by atoms with Gasteiger partial charge in [0, 0.05) is 15.4 Å². The molecule has 0 saturated carbocycles. The molecule has 0 bridgehead atoms. The zero-order valence-corrected chi connectivity index (χ0v) is 15.4. The lowest BCUT2D eigenvalue weighted by molar-refractivity contribution is 0.100. The van der Waals surface area contributed by atoms with Crippen molar-refractivity contribution in [1.29, 1.82) is 0 Å². The highest BCUT2D eigenvalue weighted by molar-refractivity contribution is 9.10. The Labute approximate surface area is 161 Å². The summed E-state index contributed by atoms with van der Waals surface area (Å²) < 4.78 is 8.13. The van der Waals surface area contributed by atoms with Gasteiger partial charge in [0.25, 0.3) is 0 Å². The number of benzene rings is 2. The van der Waals surface area contributed by atoms with E-state index < -0.39 is 0 Å². The van der Waals surface area contributed by atoms with Crippen LogP contribution in [0.5, 0.6) is 0 Å².